The fourth-order valence-electron chi connectivity index (χ4n) is 1.09. The molecule has 0 radical (unpaired) electrons. The van der Waals surface area contributed by atoms with Crippen LogP contribution < -0.4 is 5.32 Å². The first-order valence-electron chi connectivity index (χ1n) is 4.38. The zero-order chi connectivity index (χ0) is 9.52. The van der Waals surface area contributed by atoms with Crippen LogP contribution in [0.4, 0.5) is 0 Å². The fourth-order valence-corrected chi connectivity index (χ4v) is 1.09. The lowest BCUT2D eigenvalue weighted by atomic mass is 10.3. The van der Waals surface area contributed by atoms with Crippen LogP contribution in [0.1, 0.15) is 18.4 Å². The van der Waals surface area contributed by atoms with Crippen LogP contribution in [0.15, 0.2) is 12.4 Å². The Balaban J connectivity index is 2.10. The quantitative estimate of drug-likeness (QED) is 0.679. The van der Waals surface area contributed by atoms with Gasteiger partial charge in [0.05, 0.1) is 12.3 Å². The van der Waals surface area contributed by atoms with Crippen molar-refractivity contribution in [2.45, 2.75) is 19.4 Å². The Bertz CT molecular complexity index is 284. The van der Waals surface area contributed by atoms with E-state index in [1.807, 2.05) is 19.4 Å². The molecule has 0 saturated heterocycles. The Morgan fingerprint density at radius 2 is 2.54 bits per heavy atom. The van der Waals surface area contributed by atoms with E-state index in [-0.39, 0.29) is 0 Å². The van der Waals surface area contributed by atoms with Crippen molar-refractivity contribution in [2.75, 3.05) is 6.54 Å². The summed E-state index contributed by atoms with van der Waals surface area (Å²) in [4.78, 5) is 0. The zero-order valence-electron chi connectivity index (χ0n) is 7.82. The highest BCUT2D eigenvalue weighted by Crippen LogP contribution is 1.94. The summed E-state index contributed by atoms with van der Waals surface area (Å²) in [7, 11) is 1.90. The minimum absolute atomic E-state index is 0.625. The SMILES string of the molecule is Cn1cc(CNCCCC#N)cn1. The summed E-state index contributed by atoms with van der Waals surface area (Å²) in [5, 5.41) is 15.6. The van der Waals surface area contributed by atoms with E-state index in [1.165, 1.54) is 5.56 Å². The van der Waals surface area contributed by atoms with Gasteiger partial charge in [-0.1, -0.05) is 0 Å². The van der Waals surface area contributed by atoms with Crippen LogP contribution in [-0.2, 0) is 13.6 Å². The molecule has 0 aliphatic rings. The molecule has 4 nitrogen and oxygen atoms in total. The van der Waals surface area contributed by atoms with Crippen LogP contribution in [0.2, 0.25) is 0 Å². The highest BCUT2D eigenvalue weighted by atomic mass is 15.2. The molecular formula is C9H14N4. The number of nitrogens with zero attached hydrogens (tertiary/aromatic N) is 3. The second kappa shape index (κ2) is 5.33. The number of aromatic nitrogens is 2. The molecule has 0 aliphatic heterocycles. The molecule has 13 heavy (non-hydrogen) atoms. The van der Waals surface area contributed by atoms with Crippen LogP contribution in [0.3, 0.4) is 0 Å². The number of aryl methyl sites for hydroxylation is 1. The first kappa shape index (κ1) is 9.75. The van der Waals surface area contributed by atoms with Gasteiger partial charge in [0.15, 0.2) is 0 Å². The van der Waals surface area contributed by atoms with Crippen LogP contribution >= 0.6 is 0 Å². The van der Waals surface area contributed by atoms with E-state index < -0.39 is 0 Å². The van der Waals surface area contributed by atoms with Crippen LogP contribution in [0, 0.1) is 11.3 Å². The third-order valence-corrected chi connectivity index (χ3v) is 1.73. The second-order valence-corrected chi connectivity index (χ2v) is 2.96. The molecule has 0 unspecified atom stereocenters. The highest BCUT2D eigenvalue weighted by molar-refractivity contribution is 5.02. The van der Waals surface area contributed by atoms with Crippen molar-refractivity contribution in [3.05, 3.63) is 18.0 Å². The minimum Gasteiger partial charge on any atom is -0.313 e. The maximum absolute atomic E-state index is 8.29. The molecule has 0 amide bonds. The Labute approximate surface area is 78.2 Å². The van der Waals surface area contributed by atoms with Gasteiger partial charge < -0.3 is 5.32 Å². The average Bonchev–Trinajstić information content (AvgIpc) is 2.51. The van der Waals surface area contributed by atoms with Gasteiger partial charge in [-0.05, 0) is 13.0 Å². The van der Waals surface area contributed by atoms with Gasteiger partial charge in [-0.25, -0.2) is 0 Å². The van der Waals surface area contributed by atoms with E-state index >= 15 is 0 Å². The molecule has 1 N–H and O–H groups in total. The summed E-state index contributed by atoms with van der Waals surface area (Å²) in [6.45, 7) is 1.72. The summed E-state index contributed by atoms with van der Waals surface area (Å²) in [6.07, 6.45) is 5.37. The van der Waals surface area contributed by atoms with Crippen molar-refractivity contribution in [3.8, 4) is 6.07 Å². The smallest absolute Gasteiger partial charge is 0.0622 e. The maximum Gasteiger partial charge on any atom is 0.0622 e. The number of hydrogen-bond donors (Lipinski definition) is 1. The monoisotopic (exact) mass is 178 g/mol. The normalized spacial score (nSPS) is 9.85. The molecule has 70 valence electrons. The van der Waals surface area contributed by atoms with E-state index in [2.05, 4.69) is 16.5 Å². The van der Waals surface area contributed by atoms with Gasteiger partial charge in [0, 0.05) is 31.8 Å². The summed E-state index contributed by atoms with van der Waals surface area (Å²) in [5.41, 5.74) is 1.18. The molecule has 1 aromatic heterocycles. The van der Waals surface area contributed by atoms with Crippen molar-refractivity contribution in [1.82, 2.24) is 15.1 Å². The van der Waals surface area contributed by atoms with Crippen molar-refractivity contribution in [3.63, 3.8) is 0 Å². The van der Waals surface area contributed by atoms with Crippen molar-refractivity contribution >= 4 is 0 Å². The van der Waals surface area contributed by atoms with Crippen LogP contribution in [0.25, 0.3) is 0 Å². The number of rotatable bonds is 5. The highest BCUT2D eigenvalue weighted by Gasteiger charge is 1.94. The largest absolute Gasteiger partial charge is 0.313 e. The zero-order valence-corrected chi connectivity index (χ0v) is 7.82. The summed E-state index contributed by atoms with van der Waals surface area (Å²) < 4.78 is 1.78. The number of nitriles is 1. The van der Waals surface area contributed by atoms with E-state index in [1.54, 1.807) is 4.68 Å². The molecule has 0 saturated carbocycles. The molecule has 0 aromatic carbocycles. The lowest BCUT2D eigenvalue weighted by molar-refractivity contribution is 0.657. The summed E-state index contributed by atoms with van der Waals surface area (Å²) >= 11 is 0. The predicted octanol–water partition coefficient (Wildman–Crippen LogP) is 0.813. The van der Waals surface area contributed by atoms with Crippen molar-refractivity contribution < 1.29 is 0 Å². The standard InChI is InChI=1S/C9H14N4/c1-13-8-9(7-12-13)6-11-5-3-2-4-10/h7-8,11H,2-3,5-6H2,1H3. The minimum atomic E-state index is 0.625. The molecule has 0 atom stereocenters. The van der Waals surface area contributed by atoms with Gasteiger partial charge in [-0.3, -0.25) is 4.68 Å². The fraction of sp³-hybridized carbons (Fsp3) is 0.556. The topological polar surface area (TPSA) is 53.6 Å². The number of unbranched alkanes of at least 4 members (excludes halogenated alkanes) is 1. The van der Waals surface area contributed by atoms with E-state index in [4.69, 9.17) is 5.26 Å². The predicted molar refractivity (Wildman–Crippen MR) is 49.8 cm³/mol. The van der Waals surface area contributed by atoms with Gasteiger partial charge in [-0.15, -0.1) is 0 Å². The summed E-state index contributed by atoms with van der Waals surface area (Å²) in [5.74, 6) is 0. The Kier molecular flexibility index (Phi) is 4.00. The van der Waals surface area contributed by atoms with E-state index in [0.717, 1.165) is 19.5 Å². The number of hydrogen-bond acceptors (Lipinski definition) is 3. The molecule has 0 bridgehead atoms. The molecule has 1 heterocycles. The van der Waals surface area contributed by atoms with Gasteiger partial charge in [0.25, 0.3) is 0 Å². The Hall–Kier alpha value is -1.34. The first-order valence-corrected chi connectivity index (χ1v) is 4.38. The first-order chi connectivity index (χ1) is 6.33. The van der Waals surface area contributed by atoms with Gasteiger partial charge in [0.1, 0.15) is 0 Å². The molecule has 1 rings (SSSR count). The van der Waals surface area contributed by atoms with E-state index in [0.29, 0.717) is 6.42 Å². The molecule has 0 spiro atoms. The lowest BCUT2D eigenvalue weighted by Gasteiger charge is -1.99. The van der Waals surface area contributed by atoms with Crippen LogP contribution in [0.5, 0.6) is 0 Å². The van der Waals surface area contributed by atoms with Crippen molar-refractivity contribution in [1.29, 1.82) is 5.26 Å². The van der Waals surface area contributed by atoms with Gasteiger partial charge in [-0.2, -0.15) is 10.4 Å². The second-order valence-electron chi connectivity index (χ2n) is 2.96. The summed E-state index contributed by atoms with van der Waals surface area (Å²) in [6, 6.07) is 2.11. The third-order valence-electron chi connectivity index (χ3n) is 1.73. The maximum atomic E-state index is 8.29. The molecule has 0 fully saturated rings. The van der Waals surface area contributed by atoms with E-state index in [9.17, 15) is 0 Å². The Morgan fingerprint density at radius 3 is 3.15 bits per heavy atom. The average molecular weight is 178 g/mol. The molecule has 4 heteroatoms. The number of nitrogens with one attached hydrogen (secondary N) is 1. The molecular weight excluding hydrogens is 164 g/mol. The van der Waals surface area contributed by atoms with Crippen LogP contribution in [-0.4, -0.2) is 16.3 Å². The Morgan fingerprint density at radius 1 is 1.69 bits per heavy atom. The molecule has 0 aliphatic carbocycles. The molecule has 1 aromatic rings. The van der Waals surface area contributed by atoms with Gasteiger partial charge in [0.2, 0.25) is 0 Å². The third kappa shape index (κ3) is 3.72. The van der Waals surface area contributed by atoms with Crippen molar-refractivity contribution in [2.24, 2.45) is 7.05 Å². The van der Waals surface area contributed by atoms with Gasteiger partial charge >= 0.3 is 0 Å². The lowest BCUT2D eigenvalue weighted by Crippen LogP contribution is -2.13.